The van der Waals surface area contributed by atoms with Crippen LogP contribution < -0.4 is 14.2 Å². The second-order valence-electron chi connectivity index (χ2n) is 5.95. The molecule has 1 aromatic heterocycles. The predicted molar refractivity (Wildman–Crippen MR) is 100 cm³/mol. The molecule has 10 heteroatoms. The largest absolute Gasteiger partial charge is 0.573 e. The van der Waals surface area contributed by atoms with Crippen molar-refractivity contribution in [2.75, 3.05) is 13.2 Å². The molecule has 154 valence electrons. The van der Waals surface area contributed by atoms with Gasteiger partial charge in [0.1, 0.15) is 17.0 Å². The Labute approximate surface area is 165 Å². The number of rotatable bonds is 8. The smallest absolute Gasteiger partial charge is 0.491 e. The van der Waals surface area contributed by atoms with Gasteiger partial charge in [-0.3, -0.25) is 4.98 Å². The summed E-state index contributed by atoms with van der Waals surface area (Å²) in [6.07, 6.45) is -2.79. The standard InChI is InChI=1S/C19H17F3N2O4S/c20-19(21,22)28-15-7-9-16(10-8-15)29(25,26)24-12-3-13-27-17-6-1-4-14-5-2-11-23-18(14)17/h1-2,4-11,24H,3,12-13H2. The molecule has 1 N–H and O–H groups in total. The topological polar surface area (TPSA) is 77.5 Å². The zero-order valence-electron chi connectivity index (χ0n) is 15.0. The van der Waals surface area contributed by atoms with Crippen LogP contribution in [0.5, 0.6) is 11.5 Å². The zero-order valence-corrected chi connectivity index (χ0v) is 15.8. The highest BCUT2D eigenvalue weighted by Gasteiger charge is 2.31. The molecule has 6 nitrogen and oxygen atoms in total. The molecule has 3 aromatic rings. The van der Waals surface area contributed by atoms with Crippen molar-refractivity contribution in [3.8, 4) is 11.5 Å². The summed E-state index contributed by atoms with van der Waals surface area (Å²) < 4.78 is 72.7. The molecule has 2 aromatic carbocycles. The van der Waals surface area contributed by atoms with Gasteiger partial charge in [0.15, 0.2) is 0 Å². The average Bonchev–Trinajstić information content (AvgIpc) is 2.67. The van der Waals surface area contributed by atoms with E-state index < -0.39 is 22.1 Å². The first-order valence-corrected chi connectivity index (χ1v) is 10.0. The van der Waals surface area contributed by atoms with E-state index in [9.17, 15) is 21.6 Å². The third kappa shape index (κ3) is 5.81. The summed E-state index contributed by atoms with van der Waals surface area (Å²) in [4.78, 5) is 4.11. The lowest BCUT2D eigenvalue weighted by Gasteiger charge is -2.11. The highest BCUT2D eigenvalue weighted by Crippen LogP contribution is 2.24. The Morgan fingerprint density at radius 3 is 2.45 bits per heavy atom. The van der Waals surface area contributed by atoms with Gasteiger partial charge in [-0.05, 0) is 42.8 Å². The molecule has 0 aliphatic rings. The number of aromatic nitrogens is 1. The van der Waals surface area contributed by atoms with Gasteiger partial charge in [-0.1, -0.05) is 18.2 Å². The molecule has 0 fully saturated rings. The number of nitrogens with one attached hydrogen (secondary N) is 1. The summed E-state index contributed by atoms with van der Waals surface area (Å²) in [5.41, 5.74) is 0.719. The van der Waals surface area contributed by atoms with Gasteiger partial charge in [0, 0.05) is 18.1 Å². The fourth-order valence-electron chi connectivity index (χ4n) is 2.56. The summed E-state index contributed by atoms with van der Waals surface area (Å²) in [5.74, 6) is 0.111. The summed E-state index contributed by atoms with van der Waals surface area (Å²) >= 11 is 0. The van der Waals surface area contributed by atoms with E-state index in [4.69, 9.17) is 4.74 Å². The molecule has 0 radical (unpaired) electrons. The van der Waals surface area contributed by atoms with Crippen molar-refractivity contribution in [3.63, 3.8) is 0 Å². The minimum atomic E-state index is -4.84. The first-order valence-electron chi connectivity index (χ1n) is 8.57. The summed E-state index contributed by atoms with van der Waals surface area (Å²) in [6, 6.07) is 13.2. The minimum absolute atomic E-state index is 0.0985. The van der Waals surface area contributed by atoms with E-state index in [1.807, 2.05) is 24.3 Å². The van der Waals surface area contributed by atoms with Crippen molar-refractivity contribution in [1.82, 2.24) is 9.71 Å². The van der Waals surface area contributed by atoms with Crippen LogP contribution in [0.2, 0.25) is 0 Å². The van der Waals surface area contributed by atoms with E-state index in [1.54, 1.807) is 12.3 Å². The average molecular weight is 426 g/mol. The van der Waals surface area contributed by atoms with Gasteiger partial charge in [0.2, 0.25) is 10.0 Å². The lowest BCUT2D eigenvalue weighted by molar-refractivity contribution is -0.274. The number of para-hydroxylation sites is 1. The maximum absolute atomic E-state index is 12.2. The lowest BCUT2D eigenvalue weighted by Crippen LogP contribution is -2.26. The molecule has 0 saturated carbocycles. The quantitative estimate of drug-likeness (QED) is 0.553. The molecule has 0 amide bonds. The monoisotopic (exact) mass is 426 g/mol. The van der Waals surface area contributed by atoms with Crippen LogP contribution in [0.1, 0.15) is 6.42 Å². The number of halogens is 3. The highest BCUT2D eigenvalue weighted by molar-refractivity contribution is 7.89. The Balaban J connectivity index is 1.50. The molecule has 1 heterocycles. The van der Waals surface area contributed by atoms with Crippen molar-refractivity contribution in [3.05, 3.63) is 60.8 Å². The number of fused-ring (bicyclic) bond motifs is 1. The van der Waals surface area contributed by atoms with Crippen LogP contribution in [0.3, 0.4) is 0 Å². The van der Waals surface area contributed by atoms with Crippen LogP contribution in [-0.2, 0) is 10.0 Å². The van der Waals surface area contributed by atoms with Crippen LogP contribution in [0, 0.1) is 0 Å². The number of alkyl halides is 3. The van der Waals surface area contributed by atoms with Crippen LogP contribution in [-0.4, -0.2) is 32.9 Å². The summed E-state index contributed by atoms with van der Waals surface area (Å²) in [5, 5.41) is 0.934. The second-order valence-corrected chi connectivity index (χ2v) is 7.72. The molecule has 0 unspecified atom stereocenters. The van der Waals surface area contributed by atoms with E-state index in [2.05, 4.69) is 14.4 Å². The molecule has 0 atom stereocenters. The van der Waals surface area contributed by atoms with Crippen molar-refractivity contribution in [1.29, 1.82) is 0 Å². The number of ether oxygens (including phenoxy) is 2. The first kappa shape index (κ1) is 20.9. The Bertz CT molecular complexity index is 1070. The van der Waals surface area contributed by atoms with Crippen molar-refractivity contribution in [2.45, 2.75) is 17.7 Å². The molecule has 29 heavy (non-hydrogen) atoms. The molecule has 3 rings (SSSR count). The van der Waals surface area contributed by atoms with Crippen LogP contribution >= 0.6 is 0 Å². The van der Waals surface area contributed by atoms with Gasteiger partial charge >= 0.3 is 6.36 Å². The summed E-state index contributed by atoms with van der Waals surface area (Å²) in [6.45, 7) is 0.359. The van der Waals surface area contributed by atoms with Crippen molar-refractivity contribution < 1.29 is 31.1 Å². The third-order valence-electron chi connectivity index (χ3n) is 3.83. The predicted octanol–water partition coefficient (Wildman–Crippen LogP) is 3.88. The third-order valence-corrected chi connectivity index (χ3v) is 5.31. The maximum Gasteiger partial charge on any atom is 0.573 e. The molecular formula is C19H17F3N2O4S. The Morgan fingerprint density at radius 1 is 1.00 bits per heavy atom. The summed E-state index contributed by atoms with van der Waals surface area (Å²) in [7, 11) is -3.86. The molecule has 0 saturated heterocycles. The Morgan fingerprint density at radius 2 is 1.72 bits per heavy atom. The molecule has 0 spiro atoms. The zero-order chi connectivity index (χ0) is 20.9. The van der Waals surface area contributed by atoms with Gasteiger partial charge in [0.05, 0.1) is 11.5 Å². The van der Waals surface area contributed by atoms with Gasteiger partial charge in [-0.25, -0.2) is 13.1 Å². The first-order chi connectivity index (χ1) is 13.7. The fraction of sp³-hybridized carbons (Fsp3) is 0.211. The SMILES string of the molecule is O=S(=O)(NCCCOc1cccc2cccnc12)c1ccc(OC(F)(F)F)cc1. The van der Waals surface area contributed by atoms with E-state index in [0.29, 0.717) is 12.2 Å². The lowest BCUT2D eigenvalue weighted by atomic mass is 10.2. The van der Waals surface area contributed by atoms with Crippen molar-refractivity contribution >= 4 is 20.9 Å². The van der Waals surface area contributed by atoms with E-state index in [0.717, 1.165) is 35.2 Å². The Kier molecular flexibility index (Phi) is 6.23. The highest BCUT2D eigenvalue weighted by atomic mass is 32.2. The molecule has 0 bridgehead atoms. The molecule has 0 aliphatic heterocycles. The van der Waals surface area contributed by atoms with E-state index in [1.165, 1.54) is 0 Å². The van der Waals surface area contributed by atoms with Gasteiger partial charge in [0.25, 0.3) is 0 Å². The van der Waals surface area contributed by atoms with Gasteiger partial charge < -0.3 is 9.47 Å². The normalized spacial score (nSPS) is 12.1. The number of nitrogens with zero attached hydrogens (tertiary/aromatic N) is 1. The van der Waals surface area contributed by atoms with Crippen LogP contribution in [0.4, 0.5) is 13.2 Å². The number of hydrogen-bond donors (Lipinski definition) is 1. The van der Waals surface area contributed by atoms with Gasteiger partial charge in [-0.15, -0.1) is 13.2 Å². The van der Waals surface area contributed by atoms with E-state index >= 15 is 0 Å². The van der Waals surface area contributed by atoms with E-state index in [-0.39, 0.29) is 18.0 Å². The minimum Gasteiger partial charge on any atom is -0.491 e. The molecular weight excluding hydrogens is 409 g/mol. The maximum atomic E-state index is 12.2. The fourth-order valence-corrected chi connectivity index (χ4v) is 3.63. The number of pyridine rings is 1. The molecule has 0 aliphatic carbocycles. The second kappa shape index (κ2) is 8.66. The number of sulfonamides is 1. The van der Waals surface area contributed by atoms with Crippen LogP contribution in [0.25, 0.3) is 10.9 Å². The van der Waals surface area contributed by atoms with Crippen LogP contribution in [0.15, 0.2) is 65.7 Å². The van der Waals surface area contributed by atoms with Crippen molar-refractivity contribution in [2.24, 2.45) is 0 Å². The number of hydrogen-bond acceptors (Lipinski definition) is 5. The van der Waals surface area contributed by atoms with Gasteiger partial charge in [-0.2, -0.15) is 0 Å². The number of benzene rings is 2. The Hall–Kier alpha value is -2.85.